The van der Waals surface area contributed by atoms with Crippen molar-refractivity contribution in [3.63, 3.8) is 0 Å². The number of hydrogen-bond acceptors (Lipinski definition) is 4. The van der Waals surface area contributed by atoms with E-state index in [1.807, 2.05) is 5.51 Å². The third-order valence-corrected chi connectivity index (χ3v) is 4.96. The zero-order valence-corrected chi connectivity index (χ0v) is 13.5. The summed E-state index contributed by atoms with van der Waals surface area (Å²) in [7, 11) is 0. The number of fused-ring (bicyclic) bond motifs is 1. The van der Waals surface area contributed by atoms with Crippen molar-refractivity contribution in [3.05, 3.63) is 23.7 Å². The van der Waals surface area contributed by atoms with Gasteiger partial charge in [-0.3, -0.25) is 0 Å². The number of hydrogen-bond donors (Lipinski definition) is 1. The van der Waals surface area contributed by atoms with Crippen molar-refractivity contribution in [2.45, 2.75) is 39.3 Å². The normalized spacial score (nSPS) is 22.6. The van der Waals surface area contributed by atoms with E-state index in [0.29, 0.717) is 12.0 Å². The van der Waals surface area contributed by atoms with Gasteiger partial charge in [0.2, 0.25) is 0 Å². The first-order valence-electron chi connectivity index (χ1n) is 7.31. The van der Waals surface area contributed by atoms with Gasteiger partial charge in [-0.2, -0.15) is 0 Å². The molecule has 1 atom stereocenters. The van der Waals surface area contributed by atoms with Crippen LogP contribution in [0.4, 0.5) is 5.69 Å². The molecule has 2 aromatic rings. The SMILES string of the molecule is CC(C)C1CNC(C)(C)CN1c1ccc2ncsc2c1. The van der Waals surface area contributed by atoms with Crippen LogP contribution < -0.4 is 10.2 Å². The number of thiazole rings is 1. The number of nitrogens with zero attached hydrogens (tertiary/aromatic N) is 2. The van der Waals surface area contributed by atoms with Gasteiger partial charge in [0.1, 0.15) is 0 Å². The van der Waals surface area contributed by atoms with Crippen LogP contribution in [0.5, 0.6) is 0 Å². The van der Waals surface area contributed by atoms with E-state index in [0.717, 1.165) is 18.6 Å². The number of rotatable bonds is 2. The van der Waals surface area contributed by atoms with Gasteiger partial charge >= 0.3 is 0 Å². The van der Waals surface area contributed by atoms with E-state index in [1.54, 1.807) is 11.3 Å². The molecule has 108 valence electrons. The minimum Gasteiger partial charge on any atom is -0.365 e. The van der Waals surface area contributed by atoms with Gasteiger partial charge in [-0.15, -0.1) is 11.3 Å². The fourth-order valence-electron chi connectivity index (χ4n) is 2.99. The molecule has 0 radical (unpaired) electrons. The molecule has 2 heterocycles. The van der Waals surface area contributed by atoms with E-state index in [9.17, 15) is 0 Å². The van der Waals surface area contributed by atoms with E-state index in [-0.39, 0.29) is 5.54 Å². The van der Waals surface area contributed by atoms with Crippen LogP contribution >= 0.6 is 11.3 Å². The molecule has 4 heteroatoms. The van der Waals surface area contributed by atoms with Gasteiger partial charge in [-0.1, -0.05) is 13.8 Å². The van der Waals surface area contributed by atoms with Crippen LogP contribution in [0, 0.1) is 5.92 Å². The maximum atomic E-state index is 4.38. The number of piperazine rings is 1. The molecule has 0 bridgehead atoms. The molecular weight excluding hydrogens is 266 g/mol. The topological polar surface area (TPSA) is 28.2 Å². The highest BCUT2D eigenvalue weighted by atomic mass is 32.1. The number of anilines is 1. The lowest BCUT2D eigenvalue weighted by atomic mass is 9.92. The Kier molecular flexibility index (Phi) is 3.46. The van der Waals surface area contributed by atoms with Gasteiger partial charge in [0, 0.05) is 30.4 Å². The summed E-state index contributed by atoms with van der Waals surface area (Å²) < 4.78 is 1.28. The van der Waals surface area contributed by atoms with Crippen LogP contribution in [-0.4, -0.2) is 29.7 Å². The zero-order chi connectivity index (χ0) is 14.3. The predicted octanol–water partition coefficient (Wildman–Crippen LogP) is 3.51. The summed E-state index contributed by atoms with van der Waals surface area (Å²) >= 11 is 1.72. The maximum Gasteiger partial charge on any atom is 0.0813 e. The molecule has 1 unspecified atom stereocenters. The average Bonchev–Trinajstić information content (AvgIpc) is 2.84. The van der Waals surface area contributed by atoms with Crippen molar-refractivity contribution in [1.82, 2.24) is 10.3 Å². The molecule has 20 heavy (non-hydrogen) atoms. The second-order valence-corrected chi connectivity index (χ2v) is 7.59. The van der Waals surface area contributed by atoms with Gasteiger partial charge in [0.05, 0.1) is 15.7 Å². The van der Waals surface area contributed by atoms with Crippen LogP contribution in [0.2, 0.25) is 0 Å². The maximum absolute atomic E-state index is 4.38. The molecule has 1 saturated heterocycles. The van der Waals surface area contributed by atoms with E-state index >= 15 is 0 Å². The Morgan fingerprint density at radius 2 is 2.20 bits per heavy atom. The summed E-state index contributed by atoms with van der Waals surface area (Å²) in [6.07, 6.45) is 0. The minimum absolute atomic E-state index is 0.161. The van der Waals surface area contributed by atoms with E-state index in [2.05, 4.69) is 61.1 Å². The highest BCUT2D eigenvalue weighted by Gasteiger charge is 2.34. The molecule has 1 aliphatic heterocycles. The molecule has 1 fully saturated rings. The van der Waals surface area contributed by atoms with Crippen molar-refractivity contribution in [2.75, 3.05) is 18.0 Å². The Labute approximate surface area is 125 Å². The van der Waals surface area contributed by atoms with E-state index in [4.69, 9.17) is 0 Å². The second-order valence-electron chi connectivity index (χ2n) is 6.71. The largest absolute Gasteiger partial charge is 0.365 e. The Morgan fingerprint density at radius 1 is 1.40 bits per heavy atom. The third-order valence-electron chi connectivity index (χ3n) is 4.17. The first kappa shape index (κ1) is 13.8. The predicted molar refractivity (Wildman–Crippen MR) is 87.7 cm³/mol. The van der Waals surface area contributed by atoms with E-state index in [1.165, 1.54) is 10.4 Å². The summed E-state index contributed by atoms with van der Waals surface area (Å²) in [6.45, 7) is 11.3. The van der Waals surface area contributed by atoms with Gasteiger partial charge in [-0.25, -0.2) is 4.98 Å². The summed E-state index contributed by atoms with van der Waals surface area (Å²) in [6, 6.07) is 7.21. The molecule has 1 N–H and O–H groups in total. The standard InChI is InChI=1S/C16H23N3S/c1-11(2)14-8-18-16(3,4)9-19(14)12-5-6-13-15(7-12)20-10-17-13/h5-7,10-11,14,18H,8-9H2,1-4H3. The van der Waals surface area contributed by atoms with Crippen molar-refractivity contribution < 1.29 is 0 Å². The Balaban J connectivity index is 1.98. The molecule has 1 aliphatic rings. The first-order chi connectivity index (χ1) is 9.46. The first-order valence-corrected chi connectivity index (χ1v) is 8.19. The monoisotopic (exact) mass is 289 g/mol. The van der Waals surface area contributed by atoms with Crippen molar-refractivity contribution in [1.29, 1.82) is 0 Å². The van der Waals surface area contributed by atoms with Crippen molar-refractivity contribution in [3.8, 4) is 0 Å². The van der Waals surface area contributed by atoms with Crippen LogP contribution in [0.15, 0.2) is 23.7 Å². The summed E-state index contributed by atoms with van der Waals surface area (Å²) in [5.41, 5.74) is 4.52. The Hall–Kier alpha value is -1.13. The van der Waals surface area contributed by atoms with Gasteiger partial charge in [-0.05, 0) is 38.0 Å². The molecule has 0 spiro atoms. The van der Waals surface area contributed by atoms with Gasteiger partial charge in [0.25, 0.3) is 0 Å². The number of benzene rings is 1. The quantitative estimate of drug-likeness (QED) is 0.917. The second kappa shape index (κ2) is 5.01. The van der Waals surface area contributed by atoms with Crippen molar-refractivity contribution in [2.24, 2.45) is 5.92 Å². The van der Waals surface area contributed by atoms with E-state index < -0.39 is 0 Å². The molecule has 0 amide bonds. The van der Waals surface area contributed by atoms with Crippen LogP contribution in [0.25, 0.3) is 10.2 Å². The smallest absolute Gasteiger partial charge is 0.0813 e. The highest BCUT2D eigenvalue weighted by molar-refractivity contribution is 7.16. The number of aromatic nitrogens is 1. The van der Waals surface area contributed by atoms with Crippen LogP contribution in [-0.2, 0) is 0 Å². The lowest BCUT2D eigenvalue weighted by Crippen LogP contribution is -2.63. The van der Waals surface area contributed by atoms with Crippen LogP contribution in [0.3, 0.4) is 0 Å². The zero-order valence-electron chi connectivity index (χ0n) is 12.7. The fraction of sp³-hybridized carbons (Fsp3) is 0.562. The lowest BCUT2D eigenvalue weighted by Gasteiger charge is -2.47. The molecular formula is C16H23N3S. The molecule has 3 nitrogen and oxygen atoms in total. The molecule has 0 saturated carbocycles. The summed E-state index contributed by atoms with van der Waals surface area (Å²) in [5.74, 6) is 0.635. The third kappa shape index (κ3) is 2.54. The van der Waals surface area contributed by atoms with Gasteiger partial charge in [0.15, 0.2) is 0 Å². The molecule has 1 aromatic heterocycles. The fourth-order valence-corrected chi connectivity index (χ4v) is 3.70. The minimum atomic E-state index is 0.161. The average molecular weight is 289 g/mol. The summed E-state index contributed by atoms with van der Waals surface area (Å²) in [5, 5.41) is 3.67. The molecule has 0 aliphatic carbocycles. The van der Waals surface area contributed by atoms with Crippen molar-refractivity contribution >= 4 is 27.2 Å². The van der Waals surface area contributed by atoms with Crippen LogP contribution in [0.1, 0.15) is 27.7 Å². The number of nitrogens with one attached hydrogen (secondary N) is 1. The molecule has 1 aromatic carbocycles. The Morgan fingerprint density at radius 3 is 2.95 bits per heavy atom. The summed E-state index contributed by atoms with van der Waals surface area (Å²) in [4.78, 5) is 6.95. The molecule has 3 rings (SSSR count). The highest BCUT2D eigenvalue weighted by Crippen LogP contribution is 2.30. The Bertz CT molecular complexity index is 603. The van der Waals surface area contributed by atoms with Gasteiger partial charge < -0.3 is 10.2 Å². The lowest BCUT2D eigenvalue weighted by molar-refractivity contribution is 0.277.